The van der Waals surface area contributed by atoms with Crippen molar-refractivity contribution in [2.45, 2.75) is 6.54 Å². The van der Waals surface area contributed by atoms with Crippen molar-refractivity contribution in [3.8, 4) is 11.5 Å². The number of amides is 2. The standard InChI is InChI=1S/C15H12BrNO2.C8H6BrNO2.Na.H/c16-12-7-4-8-13-15(12)19-10-14(18)17(13)9-11-5-2-1-3-6-11;9-5-2-1-3-6-8(5)12-4-7(11)10-6;;/h1-8H,9-10H2;1-3H,4H2,(H,10,11);;/q;;+1;-1. The molecule has 9 heteroatoms. The van der Waals surface area contributed by atoms with Crippen LogP contribution in [0.25, 0.3) is 0 Å². The van der Waals surface area contributed by atoms with Crippen LogP contribution in [0.15, 0.2) is 75.7 Å². The molecule has 2 amide bonds. The molecule has 160 valence electrons. The number of nitrogens with one attached hydrogen (secondary N) is 1. The third kappa shape index (κ3) is 5.74. The van der Waals surface area contributed by atoms with Gasteiger partial charge in [-0.25, -0.2) is 0 Å². The van der Waals surface area contributed by atoms with Gasteiger partial charge in [0.05, 0.1) is 26.9 Å². The van der Waals surface area contributed by atoms with Gasteiger partial charge in [-0.15, -0.1) is 0 Å². The number of rotatable bonds is 2. The molecule has 0 fully saturated rings. The maximum absolute atomic E-state index is 12.1. The van der Waals surface area contributed by atoms with Crippen LogP contribution in [-0.2, 0) is 16.1 Å². The molecule has 3 aromatic rings. The first-order valence-electron chi connectivity index (χ1n) is 9.49. The summed E-state index contributed by atoms with van der Waals surface area (Å²) in [6, 6.07) is 21.2. The van der Waals surface area contributed by atoms with Gasteiger partial charge in [-0.05, 0) is 61.7 Å². The molecule has 0 bridgehead atoms. The number of fused-ring (bicyclic) bond motifs is 2. The van der Waals surface area contributed by atoms with Crippen molar-refractivity contribution in [3.63, 3.8) is 0 Å². The third-order valence-electron chi connectivity index (χ3n) is 4.65. The van der Waals surface area contributed by atoms with Crippen LogP contribution in [0.2, 0.25) is 0 Å². The molecule has 3 aromatic carbocycles. The molecule has 0 atom stereocenters. The van der Waals surface area contributed by atoms with Gasteiger partial charge in [0.2, 0.25) is 0 Å². The summed E-state index contributed by atoms with van der Waals surface area (Å²) in [5.41, 5.74) is 2.64. The summed E-state index contributed by atoms with van der Waals surface area (Å²) in [6.07, 6.45) is 0. The Labute approximate surface area is 226 Å². The molecule has 0 unspecified atom stereocenters. The summed E-state index contributed by atoms with van der Waals surface area (Å²) < 4.78 is 12.4. The molecule has 0 aliphatic carbocycles. The second-order valence-corrected chi connectivity index (χ2v) is 8.50. The Morgan fingerprint density at radius 2 is 1.50 bits per heavy atom. The van der Waals surface area contributed by atoms with Crippen molar-refractivity contribution in [1.82, 2.24) is 0 Å². The first-order chi connectivity index (χ1) is 15.0. The number of halogens is 2. The van der Waals surface area contributed by atoms with Gasteiger partial charge in [0.1, 0.15) is 0 Å². The van der Waals surface area contributed by atoms with E-state index < -0.39 is 0 Å². The monoisotopic (exact) mass is 568 g/mol. The number of carbonyl (C=O) groups is 2. The van der Waals surface area contributed by atoms with Gasteiger partial charge in [-0.3, -0.25) is 9.59 Å². The zero-order chi connectivity index (χ0) is 21.8. The maximum atomic E-state index is 12.1. The predicted octanol–water partition coefficient (Wildman–Crippen LogP) is 2.27. The number of hydrogen-bond donors (Lipinski definition) is 1. The van der Waals surface area contributed by atoms with E-state index in [4.69, 9.17) is 9.47 Å². The number of benzene rings is 3. The summed E-state index contributed by atoms with van der Waals surface area (Å²) in [5, 5.41) is 2.71. The first kappa shape index (κ1) is 24.8. The van der Waals surface area contributed by atoms with E-state index in [1.54, 1.807) is 11.0 Å². The SMILES string of the molecule is O=C1COc2c(Br)cccc2N1.O=C1COc2c(Br)cccc2N1Cc1ccccc1.[H-].[Na+]. The Bertz CT molecular complexity index is 1130. The third-order valence-corrected chi connectivity index (χ3v) is 5.90. The molecule has 6 nitrogen and oxygen atoms in total. The van der Waals surface area contributed by atoms with Crippen LogP contribution >= 0.6 is 31.9 Å². The average molecular weight is 570 g/mol. The van der Waals surface area contributed by atoms with Crippen LogP contribution in [0.3, 0.4) is 0 Å². The van der Waals surface area contributed by atoms with Gasteiger partial charge in [0.25, 0.3) is 11.8 Å². The van der Waals surface area contributed by atoms with E-state index >= 15 is 0 Å². The van der Waals surface area contributed by atoms with Crippen molar-refractivity contribution >= 4 is 55.0 Å². The minimum atomic E-state index is -0.111. The number of para-hydroxylation sites is 2. The quantitative estimate of drug-likeness (QED) is 0.481. The summed E-state index contributed by atoms with van der Waals surface area (Å²) in [6.45, 7) is 0.741. The fourth-order valence-corrected chi connectivity index (χ4v) is 4.17. The van der Waals surface area contributed by atoms with Gasteiger partial charge < -0.3 is 21.1 Å². The average Bonchev–Trinajstić information content (AvgIpc) is 2.77. The minimum Gasteiger partial charge on any atom is -1.00 e. The molecular formula is C23H19Br2N2NaO4. The zero-order valence-corrected chi connectivity index (χ0v) is 22.5. The van der Waals surface area contributed by atoms with E-state index in [2.05, 4.69) is 37.2 Å². The fourth-order valence-electron chi connectivity index (χ4n) is 3.22. The second-order valence-electron chi connectivity index (χ2n) is 6.80. The normalized spacial score (nSPS) is 13.8. The number of anilines is 2. The van der Waals surface area contributed by atoms with Crippen LogP contribution in [0.5, 0.6) is 11.5 Å². The van der Waals surface area contributed by atoms with E-state index in [9.17, 15) is 9.59 Å². The van der Waals surface area contributed by atoms with E-state index in [1.165, 1.54) is 0 Å². The molecule has 0 radical (unpaired) electrons. The maximum Gasteiger partial charge on any atom is 1.00 e. The summed E-state index contributed by atoms with van der Waals surface area (Å²) in [7, 11) is 0. The molecule has 0 saturated carbocycles. The van der Waals surface area contributed by atoms with Gasteiger partial charge in [0, 0.05) is 0 Å². The summed E-state index contributed by atoms with van der Waals surface area (Å²) in [5.74, 6) is 1.31. The molecule has 2 heterocycles. The van der Waals surface area contributed by atoms with Crippen LogP contribution in [0, 0.1) is 0 Å². The molecule has 2 aliphatic rings. The van der Waals surface area contributed by atoms with E-state index in [1.807, 2.05) is 60.7 Å². The van der Waals surface area contributed by atoms with Gasteiger partial charge in [-0.2, -0.15) is 0 Å². The Balaban J connectivity index is 0.000000240. The molecule has 5 rings (SSSR count). The smallest absolute Gasteiger partial charge is 1.00 e. The molecule has 1 N–H and O–H groups in total. The fraction of sp³-hybridized carbons (Fsp3) is 0.130. The van der Waals surface area contributed by atoms with Gasteiger partial charge in [-0.1, -0.05) is 42.5 Å². The van der Waals surface area contributed by atoms with E-state index in [-0.39, 0.29) is 56.0 Å². The Hall–Kier alpha value is -1.84. The Morgan fingerprint density at radius 3 is 2.25 bits per heavy atom. The minimum absolute atomic E-state index is 0. The Kier molecular flexibility index (Phi) is 8.79. The first-order valence-corrected chi connectivity index (χ1v) is 11.1. The van der Waals surface area contributed by atoms with Gasteiger partial charge >= 0.3 is 29.6 Å². The number of nitrogens with zero attached hydrogens (tertiary/aromatic N) is 1. The largest absolute Gasteiger partial charge is 1.00 e. The summed E-state index contributed by atoms with van der Waals surface area (Å²) >= 11 is 6.78. The molecule has 2 aliphatic heterocycles. The number of carbonyl (C=O) groups excluding carboxylic acids is 2. The van der Waals surface area contributed by atoms with Crippen LogP contribution < -0.4 is 49.2 Å². The molecule has 0 spiro atoms. The zero-order valence-electron chi connectivity index (χ0n) is 18.3. The topological polar surface area (TPSA) is 67.9 Å². The molecule has 0 saturated heterocycles. The second kappa shape index (κ2) is 11.3. The molecule has 0 aromatic heterocycles. The van der Waals surface area contributed by atoms with Crippen LogP contribution in [-0.4, -0.2) is 25.0 Å². The van der Waals surface area contributed by atoms with Crippen LogP contribution in [0.4, 0.5) is 11.4 Å². The van der Waals surface area contributed by atoms with Crippen molar-refractivity contribution < 1.29 is 50.0 Å². The van der Waals surface area contributed by atoms with Crippen molar-refractivity contribution in [2.24, 2.45) is 0 Å². The van der Waals surface area contributed by atoms with Crippen molar-refractivity contribution in [3.05, 3.63) is 81.2 Å². The number of ether oxygens (including phenoxy) is 2. The van der Waals surface area contributed by atoms with Crippen molar-refractivity contribution in [2.75, 3.05) is 23.4 Å². The Morgan fingerprint density at radius 1 is 0.844 bits per heavy atom. The van der Waals surface area contributed by atoms with Crippen molar-refractivity contribution in [1.29, 1.82) is 0 Å². The number of hydrogen-bond acceptors (Lipinski definition) is 4. The van der Waals surface area contributed by atoms with Crippen LogP contribution in [0.1, 0.15) is 6.99 Å². The predicted molar refractivity (Wildman–Crippen MR) is 127 cm³/mol. The molecular weight excluding hydrogens is 551 g/mol. The van der Waals surface area contributed by atoms with Gasteiger partial charge in [0.15, 0.2) is 24.7 Å². The summed E-state index contributed by atoms with van der Waals surface area (Å²) in [4.78, 5) is 24.7. The van der Waals surface area contributed by atoms with E-state index in [0.717, 1.165) is 31.6 Å². The molecule has 32 heavy (non-hydrogen) atoms. The van der Waals surface area contributed by atoms with E-state index in [0.29, 0.717) is 12.3 Å².